The number of rotatable bonds is 5. The van der Waals surface area contributed by atoms with Crippen molar-refractivity contribution in [3.8, 4) is 0 Å². The van der Waals surface area contributed by atoms with Crippen LogP contribution in [-0.4, -0.2) is 34.7 Å². The highest BCUT2D eigenvalue weighted by Gasteiger charge is 2.15. The van der Waals surface area contributed by atoms with Crippen molar-refractivity contribution >= 4 is 17.5 Å². The monoisotopic (exact) mass is 223 g/mol. The van der Waals surface area contributed by atoms with E-state index in [2.05, 4.69) is 5.32 Å². The van der Waals surface area contributed by atoms with Crippen molar-refractivity contribution < 1.29 is 15.0 Å². The number of nitrogen functional groups attached to an aromatic ring is 1. The zero-order valence-electron chi connectivity index (χ0n) is 8.47. The van der Waals surface area contributed by atoms with Crippen LogP contribution < -0.4 is 11.1 Å². The lowest BCUT2D eigenvalue weighted by atomic mass is 10.1. The molecule has 6 nitrogen and oxygen atoms in total. The normalized spacial score (nSPS) is 11.8. The van der Waals surface area contributed by atoms with Gasteiger partial charge in [0.2, 0.25) is 0 Å². The van der Waals surface area contributed by atoms with E-state index in [9.17, 15) is 4.79 Å². The molecule has 0 heterocycles. The lowest BCUT2D eigenvalue weighted by molar-refractivity contribution is -0.138. The number of aliphatic hydroxyl groups is 1. The number of aliphatic hydroxyl groups excluding tert-OH is 1. The Morgan fingerprint density at radius 3 is 2.75 bits per heavy atom. The fourth-order valence-electron chi connectivity index (χ4n) is 1.16. The van der Waals surface area contributed by atoms with Gasteiger partial charge >= 0.3 is 5.97 Å². The molecule has 0 saturated heterocycles. The first-order chi connectivity index (χ1) is 7.54. The second-order valence-corrected chi connectivity index (χ2v) is 3.21. The Labute approximate surface area is 92.2 Å². The van der Waals surface area contributed by atoms with E-state index >= 15 is 0 Å². The first-order valence-electron chi connectivity index (χ1n) is 4.59. The molecule has 1 atom stereocenters. The molecule has 86 valence electrons. The van der Waals surface area contributed by atoms with Crippen molar-refractivity contribution in [1.82, 2.24) is 0 Å². The average Bonchev–Trinajstić information content (AvgIpc) is 2.25. The third kappa shape index (κ3) is 2.96. The maximum absolute atomic E-state index is 10.7. The molecule has 0 spiro atoms. The van der Waals surface area contributed by atoms with Gasteiger partial charge in [0.25, 0.3) is 0 Å². The van der Waals surface area contributed by atoms with Crippen LogP contribution in [0.3, 0.4) is 0 Å². The molecule has 0 saturated carbocycles. The molecule has 0 radical (unpaired) electrons. The van der Waals surface area contributed by atoms with E-state index in [0.717, 1.165) is 0 Å². The standard InChI is InChI=1S/C10H13N3O3/c11-9(12)6-2-1-3-7(4-6)13-8(5-14)10(15)16/h1-4,8,13-14H,5H2,(H3,11,12)(H,15,16)/t8-/m0/s1. The molecule has 0 amide bonds. The second kappa shape index (κ2) is 5.13. The van der Waals surface area contributed by atoms with Crippen LogP contribution in [0.2, 0.25) is 0 Å². The number of benzene rings is 1. The predicted molar refractivity (Wildman–Crippen MR) is 59.6 cm³/mol. The Morgan fingerprint density at radius 1 is 1.56 bits per heavy atom. The van der Waals surface area contributed by atoms with Gasteiger partial charge in [0.15, 0.2) is 0 Å². The number of carboxylic acid groups (broad SMARTS) is 1. The smallest absolute Gasteiger partial charge is 0.328 e. The third-order valence-electron chi connectivity index (χ3n) is 2.00. The fourth-order valence-corrected chi connectivity index (χ4v) is 1.16. The zero-order valence-corrected chi connectivity index (χ0v) is 8.47. The number of hydrogen-bond donors (Lipinski definition) is 5. The van der Waals surface area contributed by atoms with Crippen molar-refractivity contribution in [1.29, 1.82) is 5.41 Å². The number of aliphatic carboxylic acids is 1. The van der Waals surface area contributed by atoms with Gasteiger partial charge in [0.1, 0.15) is 11.9 Å². The number of hydrogen-bond acceptors (Lipinski definition) is 4. The minimum Gasteiger partial charge on any atom is -0.480 e. The summed E-state index contributed by atoms with van der Waals surface area (Å²) in [5, 5.41) is 27.4. The van der Waals surface area contributed by atoms with Gasteiger partial charge < -0.3 is 21.3 Å². The predicted octanol–water partition coefficient (Wildman–Crippen LogP) is -0.172. The van der Waals surface area contributed by atoms with Crippen LogP contribution in [0.25, 0.3) is 0 Å². The van der Waals surface area contributed by atoms with Gasteiger partial charge in [-0.1, -0.05) is 12.1 Å². The zero-order chi connectivity index (χ0) is 12.1. The molecule has 1 aromatic rings. The summed E-state index contributed by atoms with van der Waals surface area (Å²) in [4.78, 5) is 10.7. The molecule has 16 heavy (non-hydrogen) atoms. The molecule has 0 fully saturated rings. The molecule has 0 aromatic heterocycles. The van der Waals surface area contributed by atoms with Gasteiger partial charge in [-0.05, 0) is 12.1 Å². The summed E-state index contributed by atoms with van der Waals surface area (Å²) >= 11 is 0. The maximum atomic E-state index is 10.7. The van der Waals surface area contributed by atoms with Crippen LogP contribution in [-0.2, 0) is 4.79 Å². The minimum atomic E-state index is -1.14. The van der Waals surface area contributed by atoms with Gasteiger partial charge in [-0.2, -0.15) is 0 Å². The van der Waals surface area contributed by atoms with E-state index in [1.165, 1.54) is 0 Å². The molecule has 0 unspecified atom stereocenters. The molecule has 0 aliphatic heterocycles. The van der Waals surface area contributed by atoms with Crippen LogP contribution >= 0.6 is 0 Å². The molecular formula is C10H13N3O3. The van der Waals surface area contributed by atoms with Gasteiger partial charge in [-0.15, -0.1) is 0 Å². The van der Waals surface area contributed by atoms with E-state index < -0.39 is 18.6 Å². The highest BCUT2D eigenvalue weighted by molar-refractivity contribution is 5.95. The lowest BCUT2D eigenvalue weighted by Crippen LogP contribution is -2.32. The first kappa shape index (κ1) is 12.0. The molecule has 6 heteroatoms. The van der Waals surface area contributed by atoms with Crippen LogP contribution in [0, 0.1) is 5.41 Å². The number of anilines is 1. The van der Waals surface area contributed by atoms with Crippen molar-refractivity contribution in [3.63, 3.8) is 0 Å². The third-order valence-corrected chi connectivity index (χ3v) is 2.00. The van der Waals surface area contributed by atoms with E-state index in [1.807, 2.05) is 0 Å². The Hall–Kier alpha value is -2.08. The summed E-state index contributed by atoms with van der Waals surface area (Å²) in [5.41, 5.74) is 6.28. The highest BCUT2D eigenvalue weighted by atomic mass is 16.4. The highest BCUT2D eigenvalue weighted by Crippen LogP contribution is 2.11. The summed E-state index contributed by atoms with van der Waals surface area (Å²) < 4.78 is 0. The lowest BCUT2D eigenvalue weighted by Gasteiger charge is -2.13. The van der Waals surface area contributed by atoms with Crippen molar-refractivity contribution in [2.45, 2.75) is 6.04 Å². The van der Waals surface area contributed by atoms with Gasteiger partial charge in [-0.3, -0.25) is 5.41 Å². The van der Waals surface area contributed by atoms with Crippen LogP contribution in [0.1, 0.15) is 5.56 Å². The molecular weight excluding hydrogens is 210 g/mol. The van der Waals surface area contributed by atoms with Crippen LogP contribution in [0.15, 0.2) is 24.3 Å². The van der Waals surface area contributed by atoms with Crippen LogP contribution in [0.5, 0.6) is 0 Å². The van der Waals surface area contributed by atoms with E-state index in [0.29, 0.717) is 11.3 Å². The SMILES string of the molecule is N=C(N)c1cccc(N[C@@H](CO)C(=O)O)c1. The quantitative estimate of drug-likeness (QED) is 0.350. The molecule has 1 aromatic carbocycles. The Kier molecular flexibility index (Phi) is 3.84. The number of amidine groups is 1. The summed E-state index contributed by atoms with van der Waals surface area (Å²) in [6.45, 7) is -0.514. The summed E-state index contributed by atoms with van der Waals surface area (Å²) in [6.07, 6.45) is 0. The molecule has 0 aliphatic rings. The Morgan fingerprint density at radius 2 is 2.25 bits per heavy atom. The Balaban J connectivity index is 2.84. The van der Waals surface area contributed by atoms with E-state index in [-0.39, 0.29) is 5.84 Å². The number of nitrogens with two attached hydrogens (primary N) is 1. The van der Waals surface area contributed by atoms with Gasteiger partial charge in [0.05, 0.1) is 6.61 Å². The topological polar surface area (TPSA) is 119 Å². The average molecular weight is 223 g/mol. The maximum Gasteiger partial charge on any atom is 0.328 e. The summed E-state index contributed by atoms with van der Waals surface area (Å²) in [7, 11) is 0. The van der Waals surface area contributed by atoms with Crippen molar-refractivity contribution in [3.05, 3.63) is 29.8 Å². The minimum absolute atomic E-state index is 0.0977. The second-order valence-electron chi connectivity index (χ2n) is 3.21. The van der Waals surface area contributed by atoms with Gasteiger partial charge in [0, 0.05) is 11.3 Å². The Bertz CT molecular complexity index is 406. The molecule has 6 N–H and O–H groups in total. The first-order valence-corrected chi connectivity index (χ1v) is 4.59. The van der Waals surface area contributed by atoms with Crippen molar-refractivity contribution in [2.24, 2.45) is 5.73 Å². The number of carboxylic acids is 1. The summed E-state index contributed by atoms with van der Waals surface area (Å²) in [5.74, 6) is -1.24. The van der Waals surface area contributed by atoms with E-state index in [4.69, 9.17) is 21.4 Å². The summed E-state index contributed by atoms with van der Waals surface area (Å²) in [6, 6.07) is 5.41. The number of carbonyl (C=O) groups is 1. The number of nitrogens with one attached hydrogen (secondary N) is 2. The van der Waals surface area contributed by atoms with Crippen LogP contribution in [0.4, 0.5) is 5.69 Å². The molecule has 0 bridgehead atoms. The largest absolute Gasteiger partial charge is 0.480 e. The molecule has 1 rings (SSSR count). The fraction of sp³-hybridized carbons (Fsp3) is 0.200. The van der Waals surface area contributed by atoms with E-state index in [1.54, 1.807) is 24.3 Å². The molecule has 0 aliphatic carbocycles. The van der Waals surface area contributed by atoms with Crippen molar-refractivity contribution in [2.75, 3.05) is 11.9 Å². The van der Waals surface area contributed by atoms with Gasteiger partial charge in [-0.25, -0.2) is 4.79 Å².